The average Bonchev–Trinajstić information content (AvgIpc) is 3.55. The molecule has 7 nitrogen and oxygen atoms in total. The number of amides is 3. The van der Waals surface area contributed by atoms with E-state index in [1.165, 1.54) is 4.90 Å². The zero-order chi connectivity index (χ0) is 24.7. The molecular weight excluding hydrogens is 456 g/mol. The van der Waals surface area contributed by atoms with E-state index in [2.05, 4.69) is 12.2 Å². The summed E-state index contributed by atoms with van der Waals surface area (Å²) in [6.45, 7) is 2.23. The molecule has 6 aliphatic rings. The van der Waals surface area contributed by atoms with Crippen LogP contribution in [0.2, 0.25) is 0 Å². The highest BCUT2D eigenvalue weighted by Gasteiger charge is 2.67. The fourth-order valence-electron chi connectivity index (χ4n) is 6.94. The second kappa shape index (κ2) is 7.63. The van der Waals surface area contributed by atoms with Crippen LogP contribution in [-0.2, 0) is 19.2 Å². The van der Waals surface area contributed by atoms with Gasteiger partial charge in [-0.2, -0.15) is 0 Å². The first-order chi connectivity index (χ1) is 17.4. The van der Waals surface area contributed by atoms with Crippen LogP contribution in [0, 0.1) is 48.3 Å². The molecule has 4 fully saturated rings. The van der Waals surface area contributed by atoms with E-state index in [1.54, 1.807) is 29.2 Å². The Bertz CT molecular complexity index is 1310. The number of allylic oxidation sites excluding steroid dienone is 2. The lowest BCUT2D eigenvalue weighted by molar-refractivity contribution is -0.139. The van der Waals surface area contributed by atoms with E-state index in [0.717, 1.165) is 17.7 Å². The highest BCUT2D eigenvalue weighted by Crippen LogP contribution is 2.65. The standard InChI is InChI=1S/C29H26N2O5/c1-15-5-7-17(8-6-15)30-14-16(11-24(30)32)29(35)36-19-4-2-3-18(12-19)31-27(33)25-20-9-10-21(23-13-22(20)23)26(25)28(31)34/h2-10,12,16,20-23,25-26H,11,13-14H2,1H3/t16-,20-,21-,22-,23+,25+,26-/m1/s1. The lowest BCUT2D eigenvalue weighted by Gasteiger charge is -2.37. The van der Waals surface area contributed by atoms with Crippen LogP contribution in [0.15, 0.2) is 60.7 Å². The van der Waals surface area contributed by atoms with Gasteiger partial charge in [0.2, 0.25) is 17.7 Å². The number of rotatable bonds is 4. The normalized spacial score (nSPS) is 33.7. The molecule has 3 amide bonds. The largest absolute Gasteiger partial charge is 0.426 e. The zero-order valence-corrected chi connectivity index (χ0v) is 19.9. The summed E-state index contributed by atoms with van der Waals surface area (Å²) in [6.07, 6.45) is 5.49. The molecular formula is C29H26N2O5. The number of hydrogen-bond acceptors (Lipinski definition) is 5. The SMILES string of the molecule is Cc1ccc(N2C[C@H](C(=O)Oc3cccc(N4C(=O)[C@@H]5[C@@H]6C=C[C@H]([C@H]7C[C@@H]67)[C@@H]5C4=O)c3)CC2=O)cc1. The van der Waals surface area contributed by atoms with Crippen LogP contribution in [0.1, 0.15) is 18.4 Å². The third-order valence-electron chi connectivity index (χ3n) is 8.76. The summed E-state index contributed by atoms with van der Waals surface area (Å²) >= 11 is 0. The summed E-state index contributed by atoms with van der Waals surface area (Å²) in [7, 11) is 0. The summed E-state index contributed by atoms with van der Waals surface area (Å²) in [6, 6.07) is 14.2. The maximum Gasteiger partial charge on any atom is 0.316 e. The number of carbonyl (C=O) groups is 4. The van der Waals surface area contributed by atoms with E-state index in [-0.39, 0.29) is 60.1 Å². The van der Waals surface area contributed by atoms with Gasteiger partial charge in [0.1, 0.15) is 5.75 Å². The van der Waals surface area contributed by atoms with Gasteiger partial charge >= 0.3 is 5.97 Å². The average molecular weight is 483 g/mol. The Morgan fingerprint density at radius 3 is 2.22 bits per heavy atom. The van der Waals surface area contributed by atoms with E-state index < -0.39 is 11.9 Å². The van der Waals surface area contributed by atoms with E-state index >= 15 is 0 Å². The van der Waals surface area contributed by atoms with Gasteiger partial charge in [0.05, 0.1) is 23.4 Å². The molecule has 2 aliphatic heterocycles. The molecule has 182 valence electrons. The molecule has 2 aromatic rings. The molecule has 4 aliphatic carbocycles. The summed E-state index contributed by atoms with van der Waals surface area (Å²) in [5, 5.41) is 0. The Hall–Kier alpha value is -3.74. The van der Waals surface area contributed by atoms with Crippen molar-refractivity contribution < 1.29 is 23.9 Å². The van der Waals surface area contributed by atoms with Crippen molar-refractivity contribution >= 4 is 35.1 Å². The highest BCUT2D eigenvalue weighted by molar-refractivity contribution is 6.22. The van der Waals surface area contributed by atoms with Crippen molar-refractivity contribution in [1.29, 1.82) is 0 Å². The minimum absolute atomic E-state index is 0.0803. The van der Waals surface area contributed by atoms with E-state index in [4.69, 9.17) is 4.74 Å². The minimum Gasteiger partial charge on any atom is -0.426 e. The molecule has 2 heterocycles. The number of carbonyl (C=O) groups excluding carboxylic acids is 4. The van der Waals surface area contributed by atoms with Crippen LogP contribution < -0.4 is 14.5 Å². The van der Waals surface area contributed by atoms with Gasteiger partial charge in [0.15, 0.2) is 0 Å². The maximum atomic E-state index is 13.4. The second-order valence-electron chi connectivity index (χ2n) is 10.8. The molecule has 8 rings (SSSR count). The molecule has 2 saturated heterocycles. The Morgan fingerprint density at radius 2 is 1.56 bits per heavy atom. The predicted molar refractivity (Wildman–Crippen MR) is 131 cm³/mol. The fourth-order valence-corrected chi connectivity index (χ4v) is 6.94. The second-order valence-corrected chi connectivity index (χ2v) is 10.8. The van der Waals surface area contributed by atoms with Crippen LogP contribution in [0.3, 0.4) is 0 Å². The number of anilines is 2. The third-order valence-corrected chi connectivity index (χ3v) is 8.76. The molecule has 0 N–H and O–H groups in total. The summed E-state index contributed by atoms with van der Waals surface area (Å²) in [4.78, 5) is 55.2. The monoisotopic (exact) mass is 482 g/mol. The van der Waals surface area contributed by atoms with Crippen molar-refractivity contribution in [2.75, 3.05) is 16.3 Å². The smallest absolute Gasteiger partial charge is 0.316 e. The van der Waals surface area contributed by atoms with E-state index in [1.807, 2.05) is 31.2 Å². The topological polar surface area (TPSA) is 84.0 Å². The molecule has 2 saturated carbocycles. The van der Waals surface area contributed by atoms with E-state index in [9.17, 15) is 19.2 Å². The van der Waals surface area contributed by atoms with Gasteiger partial charge in [0, 0.05) is 24.7 Å². The number of esters is 1. The number of hydrogen-bond donors (Lipinski definition) is 0. The van der Waals surface area contributed by atoms with Crippen molar-refractivity contribution in [2.45, 2.75) is 19.8 Å². The van der Waals surface area contributed by atoms with Crippen LogP contribution in [0.5, 0.6) is 5.75 Å². The molecule has 0 unspecified atom stereocenters. The molecule has 7 heteroatoms. The van der Waals surface area contributed by atoms with Crippen molar-refractivity contribution in [3.05, 3.63) is 66.2 Å². The first-order valence-corrected chi connectivity index (χ1v) is 12.7. The Balaban J connectivity index is 1.07. The quantitative estimate of drug-likeness (QED) is 0.288. The van der Waals surface area contributed by atoms with Gasteiger partial charge in [0.25, 0.3) is 0 Å². The first-order valence-electron chi connectivity index (χ1n) is 12.7. The summed E-state index contributed by atoms with van der Waals surface area (Å²) in [5.41, 5.74) is 2.29. The van der Waals surface area contributed by atoms with E-state index in [0.29, 0.717) is 17.5 Å². The number of aryl methyl sites for hydroxylation is 1. The Morgan fingerprint density at radius 1 is 0.889 bits per heavy atom. The van der Waals surface area contributed by atoms with Gasteiger partial charge < -0.3 is 9.64 Å². The van der Waals surface area contributed by atoms with Crippen molar-refractivity contribution in [3.63, 3.8) is 0 Å². The van der Waals surface area contributed by atoms with Crippen LogP contribution >= 0.6 is 0 Å². The van der Waals surface area contributed by atoms with Crippen molar-refractivity contribution in [1.82, 2.24) is 0 Å². The van der Waals surface area contributed by atoms with Crippen LogP contribution in [0.4, 0.5) is 11.4 Å². The molecule has 2 bridgehead atoms. The lowest BCUT2D eigenvalue weighted by atomic mass is 9.63. The molecule has 0 aromatic heterocycles. The highest BCUT2D eigenvalue weighted by atomic mass is 16.5. The summed E-state index contributed by atoms with van der Waals surface area (Å²) < 4.78 is 5.64. The number of nitrogens with zero attached hydrogens (tertiary/aromatic N) is 2. The number of imide groups is 1. The van der Waals surface area contributed by atoms with Crippen LogP contribution in [-0.4, -0.2) is 30.2 Å². The Labute approximate surface area is 208 Å². The van der Waals surface area contributed by atoms with Crippen molar-refractivity contribution in [2.24, 2.45) is 41.4 Å². The fraction of sp³-hybridized carbons (Fsp3) is 0.379. The molecule has 0 spiro atoms. The predicted octanol–water partition coefficient (Wildman–Crippen LogP) is 3.51. The zero-order valence-electron chi connectivity index (χ0n) is 19.9. The van der Waals surface area contributed by atoms with Gasteiger partial charge in [-0.25, -0.2) is 4.90 Å². The summed E-state index contributed by atoms with van der Waals surface area (Å²) in [5.74, 6) is -0.393. The number of ether oxygens (including phenoxy) is 1. The lowest BCUT2D eigenvalue weighted by Crippen LogP contribution is -2.40. The van der Waals surface area contributed by atoms with Crippen molar-refractivity contribution in [3.8, 4) is 5.75 Å². The van der Waals surface area contributed by atoms with Gasteiger partial charge in [-0.3, -0.25) is 19.2 Å². The minimum atomic E-state index is -0.589. The van der Waals surface area contributed by atoms with Gasteiger partial charge in [-0.1, -0.05) is 35.9 Å². The first kappa shape index (κ1) is 21.5. The third kappa shape index (κ3) is 3.11. The number of benzene rings is 2. The molecule has 2 aromatic carbocycles. The maximum absolute atomic E-state index is 13.4. The molecule has 0 radical (unpaired) electrons. The van der Waals surface area contributed by atoms with Gasteiger partial charge in [-0.15, -0.1) is 0 Å². The van der Waals surface area contributed by atoms with Gasteiger partial charge in [-0.05, 0) is 61.3 Å². The van der Waals surface area contributed by atoms with Crippen LogP contribution in [0.25, 0.3) is 0 Å². The molecule has 36 heavy (non-hydrogen) atoms. The Kier molecular flexibility index (Phi) is 4.56. The molecule has 7 atom stereocenters.